The molecule has 0 spiro atoms. The average molecular weight is 316 g/mol. The zero-order valence-electron chi connectivity index (χ0n) is 12.4. The van der Waals surface area contributed by atoms with Crippen LogP contribution in [-0.4, -0.2) is 45.4 Å². The summed E-state index contributed by atoms with van der Waals surface area (Å²) in [7, 11) is 0. The van der Waals surface area contributed by atoms with E-state index >= 15 is 0 Å². The van der Waals surface area contributed by atoms with E-state index in [1.165, 1.54) is 18.3 Å². The van der Waals surface area contributed by atoms with Crippen molar-refractivity contribution in [2.75, 3.05) is 25.0 Å². The van der Waals surface area contributed by atoms with E-state index in [1.54, 1.807) is 6.20 Å². The van der Waals surface area contributed by atoms with Gasteiger partial charge in [-0.15, -0.1) is 0 Å². The lowest BCUT2D eigenvalue weighted by Crippen LogP contribution is -2.31. The number of hydrogen-bond donors (Lipinski definition) is 2. The van der Waals surface area contributed by atoms with Crippen LogP contribution in [-0.2, 0) is 4.79 Å². The molecule has 2 aromatic heterocycles. The lowest BCUT2D eigenvalue weighted by molar-refractivity contribution is -0.118. The largest absolute Gasteiger partial charge is 0.369 e. The summed E-state index contributed by atoms with van der Waals surface area (Å²) in [6.45, 7) is 1.81. The van der Waals surface area contributed by atoms with E-state index in [2.05, 4.69) is 20.3 Å². The minimum atomic E-state index is -0.378. The van der Waals surface area contributed by atoms with Crippen molar-refractivity contribution in [2.24, 2.45) is 5.73 Å². The highest BCUT2D eigenvalue weighted by Crippen LogP contribution is 2.26. The molecule has 0 aromatic carbocycles. The van der Waals surface area contributed by atoms with Gasteiger partial charge in [-0.1, -0.05) is 0 Å². The van der Waals surface area contributed by atoms with Gasteiger partial charge < -0.3 is 11.1 Å². The number of nitrogens with one attached hydrogen (secondary N) is 1. The molecule has 1 aliphatic heterocycles. The Morgan fingerprint density at radius 1 is 1.39 bits per heavy atom. The Balaban J connectivity index is 1.69. The van der Waals surface area contributed by atoms with Crippen LogP contribution >= 0.6 is 0 Å². The molecule has 0 bridgehead atoms. The first-order valence-electron chi connectivity index (χ1n) is 7.32. The van der Waals surface area contributed by atoms with E-state index < -0.39 is 0 Å². The van der Waals surface area contributed by atoms with E-state index in [1.807, 2.05) is 11.0 Å². The van der Waals surface area contributed by atoms with Crippen molar-refractivity contribution in [3.05, 3.63) is 42.1 Å². The number of nitrogens with zero attached hydrogens (tertiary/aromatic N) is 4. The summed E-state index contributed by atoms with van der Waals surface area (Å²) in [5, 5.41) is 2.89. The number of amides is 1. The molecular weight excluding hydrogens is 299 g/mol. The fourth-order valence-corrected chi connectivity index (χ4v) is 2.69. The van der Waals surface area contributed by atoms with Crippen molar-refractivity contribution >= 4 is 17.7 Å². The van der Waals surface area contributed by atoms with Crippen LogP contribution in [0.15, 0.2) is 30.6 Å². The maximum absolute atomic E-state index is 13.2. The highest BCUT2D eigenvalue weighted by atomic mass is 19.1. The first-order valence-corrected chi connectivity index (χ1v) is 7.32. The number of anilines is 2. The molecule has 7 nitrogen and oxygen atoms in total. The lowest BCUT2D eigenvalue weighted by Gasteiger charge is -2.14. The van der Waals surface area contributed by atoms with Crippen molar-refractivity contribution in [3.63, 3.8) is 0 Å². The number of likely N-dealkylation sites (tertiary alicyclic amines) is 1. The Labute approximate surface area is 132 Å². The molecule has 1 amide bonds. The second-order valence-electron chi connectivity index (χ2n) is 5.48. The van der Waals surface area contributed by atoms with Crippen molar-refractivity contribution in [3.8, 4) is 0 Å². The smallest absolute Gasteiger partial charge is 0.231 e. The maximum atomic E-state index is 13.2. The van der Waals surface area contributed by atoms with E-state index in [9.17, 15) is 9.18 Å². The minimum absolute atomic E-state index is 0.221. The summed E-state index contributed by atoms with van der Waals surface area (Å²) in [6, 6.07) is 4.40. The Hall–Kier alpha value is -2.61. The van der Waals surface area contributed by atoms with Crippen LogP contribution in [0.5, 0.6) is 0 Å². The highest BCUT2D eigenvalue weighted by Gasteiger charge is 2.25. The molecule has 3 rings (SSSR count). The number of aromatic nitrogens is 3. The molecule has 2 aromatic rings. The molecule has 0 radical (unpaired) electrons. The Kier molecular flexibility index (Phi) is 4.42. The molecule has 3 N–H and O–H groups in total. The standard InChI is InChI=1S/C15H17FN6O/c16-11-1-4-18-14(7-11)21-15-19-5-2-12(20-15)10-3-6-22(8-10)9-13(17)23/h1-2,4-5,7,10H,3,6,8-9H2,(H2,17,23)(H,18,19,20,21). The molecule has 23 heavy (non-hydrogen) atoms. The maximum Gasteiger partial charge on any atom is 0.231 e. The third-order valence-corrected chi connectivity index (χ3v) is 3.71. The topological polar surface area (TPSA) is 97.0 Å². The summed E-state index contributed by atoms with van der Waals surface area (Å²) in [5.74, 6) is 0.237. The zero-order chi connectivity index (χ0) is 16.2. The second-order valence-corrected chi connectivity index (χ2v) is 5.48. The van der Waals surface area contributed by atoms with Crippen molar-refractivity contribution < 1.29 is 9.18 Å². The number of carbonyl (C=O) groups excluding carboxylic acids is 1. The zero-order valence-corrected chi connectivity index (χ0v) is 12.4. The van der Waals surface area contributed by atoms with Crippen molar-refractivity contribution in [2.45, 2.75) is 12.3 Å². The Bertz CT molecular complexity index is 710. The van der Waals surface area contributed by atoms with Gasteiger partial charge in [0.1, 0.15) is 11.6 Å². The predicted octanol–water partition coefficient (Wildman–Crippen LogP) is 1.03. The molecular formula is C15H17FN6O. The van der Waals surface area contributed by atoms with Gasteiger partial charge in [0.15, 0.2) is 0 Å². The molecule has 1 atom stereocenters. The summed E-state index contributed by atoms with van der Waals surface area (Å²) in [5.41, 5.74) is 6.11. The van der Waals surface area contributed by atoms with Crippen molar-refractivity contribution in [1.82, 2.24) is 19.9 Å². The number of pyridine rings is 1. The number of primary amides is 1. The number of carbonyl (C=O) groups is 1. The Morgan fingerprint density at radius 2 is 2.22 bits per heavy atom. The molecule has 3 heterocycles. The molecule has 8 heteroatoms. The van der Waals surface area contributed by atoms with Crippen LogP contribution in [0.4, 0.5) is 16.2 Å². The third kappa shape index (κ3) is 3.98. The van der Waals surface area contributed by atoms with Gasteiger partial charge in [0.2, 0.25) is 11.9 Å². The van der Waals surface area contributed by atoms with Crippen molar-refractivity contribution in [1.29, 1.82) is 0 Å². The molecule has 1 unspecified atom stereocenters. The highest BCUT2D eigenvalue weighted by molar-refractivity contribution is 5.75. The molecule has 1 aliphatic rings. The summed E-state index contributed by atoms with van der Waals surface area (Å²) in [4.78, 5) is 25.6. The molecule has 0 saturated carbocycles. The molecule has 120 valence electrons. The van der Waals surface area contributed by atoms with Crippen LogP contribution in [0.1, 0.15) is 18.0 Å². The Morgan fingerprint density at radius 3 is 3.00 bits per heavy atom. The fourth-order valence-electron chi connectivity index (χ4n) is 2.69. The van der Waals surface area contributed by atoms with Crippen LogP contribution < -0.4 is 11.1 Å². The van der Waals surface area contributed by atoms with Gasteiger partial charge in [-0.2, -0.15) is 0 Å². The van der Waals surface area contributed by atoms with E-state index in [0.29, 0.717) is 11.8 Å². The number of nitrogens with two attached hydrogens (primary N) is 1. The van der Waals surface area contributed by atoms with Gasteiger partial charge in [-0.3, -0.25) is 9.69 Å². The van der Waals surface area contributed by atoms with Gasteiger partial charge in [0.25, 0.3) is 0 Å². The summed E-state index contributed by atoms with van der Waals surface area (Å²) < 4.78 is 13.2. The monoisotopic (exact) mass is 316 g/mol. The van der Waals surface area contributed by atoms with E-state index in [0.717, 1.165) is 25.2 Å². The summed E-state index contributed by atoms with van der Waals surface area (Å²) >= 11 is 0. The normalized spacial score (nSPS) is 18.0. The predicted molar refractivity (Wildman–Crippen MR) is 82.5 cm³/mol. The van der Waals surface area contributed by atoms with Gasteiger partial charge in [-0.05, 0) is 25.1 Å². The van der Waals surface area contributed by atoms with Gasteiger partial charge in [-0.25, -0.2) is 19.3 Å². The first-order chi connectivity index (χ1) is 11.1. The van der Waals surface area contributed by atoms with Crippen LogP contribution in [0.3, 0.4) is 0 Å². The fraction of sp³-hybridized carbons (Fsp3) is 0.333. The minimum Gasteiger partial charge on any atom is -0.369 e. The SMILES string of the molecule is NC(=O)CN1CCC(c2ccnc(Nc3cc(F)ccn3)n2)C1. The van der Waals surface area contributed by atoms with Crippen LogP contribution in [0.25, 0.3) is 0 Å². The lowest BCUT2D eigenvalue weighted by atomic mass is 10.1. The van der Waals surface area contributed by atoms with Crippen LogP contribution in [0.2, 0.25) is 0 Å². The first kappa shape index (κ1) is 15.3. The molecule has 1 saturated heterocycles. The number of rotatable bonds is 5. The van der Waals surface area contributed by atoms with Gasteiger partial charge in [0.05, 0.1) is 12.2 Å². The summed E-state index contributed by atoms with van der Waals surface area (Å²) in [6.07, 6.45) is 3.93. The number of hydrogen-bond acceptors (Lipinski definition) is 6. The molecule has 0 aliphatic carbocycles. The van der Waals surface area contributed by atoms with Crippen LogP contribution in [0, 0.1) is 5.82 Å². The third-order valence-electron chi connectivity index (χ3n) is 3.71. The number of halogens is 1. The van der Waals surface area contributed by atoms with Gasteiger partial charge >= 0.3 is 0 Å². The average Bonchev–Trinajstić information content (AvgIpc) is 2.95. The molecule has 1 fully saturated rings. The van der Waals surface area contributed by atoms with E-state index in [-0.39, 0.29) is 24.2 Å². The second kappa shape index (κ2) is 6.66. The quantitative estimate of drug-likeness (QED) is 0.855. The van der Waals surface area contributed by atoms with E-state index in [4.69, 9.17) is 5.73 Å². The van der Waals surface area contributed by atoms with Gasteiger partial charge in [0, 0.05) is 30.9 Å².